The van der Waals surface area contributed by atoms with Gasteiger partial charge in [-0.3, -0.25) is 19.1 Å². The minimum absolute atomic E-state index is 0.0395. The number of aromatic amines is 1. The Morgan fingerprint density at radius 3 is 2.71 bits per heavy atom. The molecule has 2 N–H and O–H groups in total. The lowest BCUT2D eigenvalue weighted by molar-refractivity contribution is -0.133. The summed E-state index contributed by atoms with van der Waals surface area (Å²) in [6.45, 7) is 2.64. The quantitative estimate of drug-likeness (QED) is 0.544. The molecule has 2 aliphatic rings. The van der Waals surface area contributed by atoms with Crippen LogP contribution in [0, 0.1) is 6.92 Å². The smallest absolute Gasteiger partial charge is 0.328 e. The van der Waals surface area contributed by atoms with Crippen LogP contribution in [0.5, 0.6) is 0 Å². The van der Waals surface area contributed by atoms with E-state index in [1.165, 1.54) is 6.20 Å². The number of aromatic nitrogens is 5. The van der Waals surface area contributed by atoms with E-state index >= 15 is 0 Å². The Morgan fingerprint density at radius 1 is 1.26 bits per heavy atom. The summed E-state index contributed by atoms with van der Waals surface area (Å²) in [5.41, 5.74) is 1.07. The standard InChI is InChI=1S/C23H25ClN6O4/c1-14-2-4-15(5-3-14)19(31)12-29-11-18(26-27-29)16-6-9-30(23(16)7-8-23)20(32)13-28-10-17(24)21(33)25-22(28)34/h2-5,10-11,16,19,31H,6-9,12-13H2,1H3,(H,25,33,34)/t16?,19-/m1/s1. The van der Waals surface area contributed by atoms with Gasteiger partial charge >= 0.3 is 5.69 Å². The van der Waals surface area contributed by atoms with E-state index in [1.807, 2.05) is 42.3 Å². The minimum Gasteiger partial charge on any atom is -0.386 e. The Balaban J connectivity index is 1.29. The second-order valence-corrected chi connectivity index (χ2v) is 9.55. The molecule has 2 atom stereocenters. The number of aryl methyl sites for hydroxylation is 1. The van der Waals surface area contributed by atoms with Crippen LogP contribution in [0.1, 0.15) is 48.1 Å². The van der Waals surface area contributed by atoms with Crippen LogP contribution in [0.25, 0.3) is 0 Å². The molecule has 5 rings (SSSR count). The lowest BCUT2D eigenvalue weighted by atomic mass is 9.95. The molecule has 1 aliphatic heterocycles. The first-order chi connectivity index (χ1) is 16.3. The van der Waals surface area contributed by atoms with Crippen LogP contribution < -0.4 is 11.2 Å². The number of aliphatic hydroxyl groups excluding tert-OH is 1. The predicted octanol–water partition coefficient (Wildman–Crippen LogP) is 1.37. The summed E-state index contributed by atoms with van der Waals surface area (Å²) in [5, 5.41) is 19.0. The van der Waals surface area contributed by atoms with Crippen LogP contribution in [-0.4, -0.2) is 52.5 Å². The van der Waals surface area contributed by atoms with Gasteiger partial charge in [0.15, 0.2) is 0 Å². The number of halogens is 1. The van der Waals surface area contributed by atoms with Gasteiger partial charge in [-0.1, -0.05) is 46.6 Å². The van der Waals surface area contributed by atoms with Gasteiger partial charge in [-0.05, 0) is 31.7 Å². The van der Waals surface area contributed by atoms with Gasteiger partial charge in [0.2, 0.25) is 5.91 Å². The van der Waals surface area contributed by atoms with Crippen molar-refractivity contribution >= 4 is 17.5 Å². The third-order valence-corrected chi connectivity index (χ3v) is 7.17. The van der Waals surface area contributed by atoms with Crippen molar-refractivity contribution in [1.29, 1.82) is 0 Å². The Labute approximate surface area is 199 Å². The molecule has 3 heterocycles. The van der Waals surface area contributed by atoms with Crippen molar-refractivity contribution in [1.82, 2.24) is 29.4 Å². The number of aliphatic hydroxyl groups is 1. The number of likely N-dealkylation sites (tertiary alicyclic amines) is 1. The van der Waals surface area contributed by atoms with Crippen molar-refractivity contribution in [2.24, 2.45) is 0 Å². The fourth-order valence-electron chi connectivity index (χ4n) is 4.95. The first kappa shape index (κ1) is 22.5. The number of carbonyl (C=O) groups is 1. The SMILES string of the molecule is Cc1ccc([C@H](O)Cn2cc(C3CCN(C(=O)Cn4cc(Cl)c(=O)[nH]c4=O)C34CC4)nn2)cc1. The predicted molar refractivity (Wildman–Crippen MR) is 124 cm³/mol. The highest BCUT2D eigenvalue weighted by molar-refractivity contribution is 6.30. The van der Waals surface area contributed by atoms with Crippen LogP contribution in [0.2, 0.25) is 5.02 Å². The van der Waals surface area contributed by atoms with Crippen LogP contribution in [-0.2, 0) is 17.9 Å². The van der Waals surface area contributed by atoms with Gasteiger partial charge in [-0.15, -0.1) is 5.10 Å². The number of amides is 1. The maximum atomic E-state index is 13.1. The summed E-state index contributed by atoms with van der Waals surface area (Å²) in [4.78, 5) is 40.6. The molecule has 10 nitrogen and oxygen atoms in total. The first-order valence-electron chi connectivity index (χ1n) is 11.2. The fourth-order valence-corrected chi connectivity index (χ4v) is 5.11. The van der Waals surface area contributed by atoms with Crippen molar-refractivity contribution in [2.75, 3.05) is 6.54 Å². The van der Waals surface area contributed by atoms with E-state index in [2.05, 4.69) is 15.3 Å². The number of benzene rings is 1. The number of hydrogen-bond acceptors (Lipinski definition) is 6. The monoisotopic (exact) mass is 484 g/mol. The molecular weight excluding hydrogens is 460 g/mol. The summed E-state index contributed by atoms with van der Waals surface area (Å²) in [7, 11) is 0. The van der Waals surface area contributed by atoms with E-state index in [0.29, 0.717) is 6.54 Å². The molecule has 1 spiro atoms. The van der Waals surface area contributed by atoms with Crippen LogP contribution >= 0.6 is 11.6 Å². The van der Waals surface area contributed by atoms with Crippen LogP contribution in [0.3, 0.4) is 0 Å². The van der Waals surface area contributed by atoms with Crippen LogP contribution in [0.4, 0.5) is 0 Å². The number of carbonyl (C=O) groups excluding carboxylic acids is 1. The number of H-pyrrole nitrogens is 1. The van der Waals surface area contributed by atoms with Gasteiger partial charge in [0.1, 0.15) is 11.6 Å². The van der Waals surface area contributed by atoms with Gasteiger partial charge in [0.05, 0.1) is 23.9 Å². The molecule has 2 fully saturated rings. The summed E-state index contributed by atoms with van der Waals surface area (Å²) in [6, 6.07) is 7.72. The van der Waals surface area contributed by atoms with Crippen LogP contribution in [0.15, 0.2) is 46.2 Å². The highest BCUT2D eigenvalue weighted by Crippen LogP contribution is 2.57. The molecule has 1 saturated carbocycles. The average molecular weight is 485 g/mol. The normalized spacial score (nSPS) is 19.5. The third-order valence-electron chi connectivity index (χ3n) is 6.90. The van der Waals surface area contributed by atoms with Crippen molar-refractivity contribution in [2.45, 2.75) is 56.8 Å². The van der Waals surface area contributed by atoms with Crippen molar-refractivity contribution in [3.8, 4) is 0 Å². The number of rotatable bonds is 6. The topological polar surface area (TPSA) is 126 Å². The minimum atomic E-state index is -0.700. The zero-order chi connectivity index (χ0) is 24.0. The summed E-state index contributed by atoms with van der Waals surface area (Å²) in [5.74, 6) is -0.162. The number of hydrogen-bond donors (Lipinski definition) is 2. The Morgan fingerprint density at radius 2 is 2.00 bits per heavy atom. The Hall–Kier alpha value is -3.24. The van der Waals surface area contributed by atoms with Gasteiger partial charge < -0.3 is 10.0 Å². The van der Waals surface area contributed by atoms with E-state index in [9.17, 15) is 19.5 Å². The number of nitrogens with one attached hydrogen (secondary N) is 1. The molecule has 11 heteroatoms. The largest absolute Gasteiger partial charge is 0.386 e. The highest BCUT2D eigenvalue weighted by Gasteiger charge is 2.60. The summed E-state index contributed by atoms with van der Waals surface area (Å²) in [6.07, 6.45) is 4.79. The molecule has 178 valence electrons. The van der Waals surface area contributed by atoms with E-state index < -0.39 is 17.4 Å². The first-order valence-corrected chi connectivity index (χ1v) is 11.6. The zero-order valence-electron chi connectivity index (χ0n) is 18.6. The highest BCUT2D eigenvalue weighted by atomic mass is 35.5. The lowest BCUT2D eigenvalue weighted by Crippen LogP contribution is -2.43. The fraction of sp³-hybridized carbons (Fsp3) is 0.435. The molecule has 1 aromatic carbocycles. The zero-order valence-corrected chi connectivity index (χ0v) is 19.4. The Kier molecular flexibility index (Phi) is 5.65. The molecule has 1 aliphatic carbocycles. The summed E-state index contributed by atoms with van der Waals surface area (Å²) >= 11 is 5.82. The van der Waals surface area contributed by atoms with E-state index in [-0.39, 0.29) is 35.5 Å². The maximum absolute atomic E-state index is 13.1. The number of nitrogens with zero attached hydrogens (tertiary/aromatic N) is 5. The van der Waals surface area contributed by atoms with E-state index in [1.54, 1.807) is 4.68 Å². The summed E-state index contributed by atoms with van der Waals surface area (Å²) < 4.78 is 2.76. The third kappa shape index (κ3) is 4.07. The van der Waals surface area contributed by atoms with Crippen molar-refractivity contribution in [3.05, 3.63) is 79.3 Å². The molecule has 0 radical (unpaired) electrons. The molecule has 34 heavy (non-hydrogen) atoms. The Bertz CT molecular complexity index is 1340. The molecule has 1 unspecified atom stereocenters. The average Bonchev–Trinajstić information content (AvgIpc) is 3.29. The van der Waals surface area contributed by atoms with Gasteiger partial charge in [-0.2, -0.15) is 0 Å². The van der Waals surface area contributed by atoms with E-state index in [4.69, 9.17) is 11.6 Å². The molecular formula is C23H25ClN6O4. The maximum Gasteiger partial charge on any atom is 0.328 e. The van der Waals surface area contributed by atoms with Crippen molar-refractivity contribution < 1.29 is 9.90 Å². The lowest BCUT2D eigenvalue weighted by Gasteiger charge is -2.27. The van der Waals surface area contributed by atoms with Gasteiger partial charge in [-0.25, -0.2) is 9.48 Å². The van der Waals surface area contributed by atoms with Crippen molar-refractivity contribution in [3.63, 3.8) is 0 Å². The van der Waals surface area contributed by atoms with Gasteiger partial charge in [0.25, 0.3) is 5.56 Å². The molecule has 2 aromatic heterocycles. The molecule has 1 saturated heterocycles. The molecule has 3 aromatic rings. The van der Waals surface area contributed by atoms with Gasteiger partial charge in [0, 0.05) is 24.9 Å². The molecule has 1 amide bonds. The second kappa shape index (κ2) is 8.52. The second-order valence-electron chi connectivity index (χ2n) is 9.15. The van der Waals surface area contributed by atoms with E-state index in [0.717, 1.165) is 40.7 Å². The molecule has 0 bridgehead atoms.